The van der Waals surface area contributed by atoms with Gasteiger partial charge in [-0.15, -0.1) is 0 Å². The van der Waals surface area contributed by atoms with Crippen LogP contribution < -0.4 is 15.0 Å². The molecule has 0 bridgehead atoms. The first kappa shape index (κ1) is 21.6. The first-order valence-electron chi connectivity index (χ1n) is 9.49. The van der Waals surface area contributed by atoms with Gasteiger partial charge in [-0.25, -0.2) is 4.98 Å². The van der Waals surface area contributed by atoms with Gasteiger partial charge >= 0.3 is 5.97 Å². The van der Waals surface area contributed by atoms with Gasteiger partial charge in [-0.05, 0) is 25.5 Å². The van der Waals surface area contributed by atoms with Crippen molar-refractivity contribution in [3.05, 3.63) is 63.7 Å². The molecule has 0 N–H and O–H groups in total. The van der Waals surface area contributed by atoms with Crippen LogP contribution in [0.4, 0.5) is 0 Å². The average molecular weight is 431 g/mol. The summed E-state index contributed by atoms with van der Waals surface area (Å²) in [5.74, 6) is 0.611. The van der Waals surface area contributed by atoms with E-state index in [1.807, 2.05) is 18.2 Å². The van der Waals surface area contributed by atoms with Crippen LogP contribution in [0.5, 0.6) is 11.5 Å². The van der Waals surface area contributed by atoms with E-state index in [0.717, 1.165) is 5.56 Å². The minimum atomic E-state index is -0.446. The van der Waals surface area contributed by atoms with Crippen LogP contribution in [0.15, 0.2) is 47.5 Å². The van der Waals surface area contributed by atoms with Crippen molar-refractivity contribution in [3.63, 3.8) is 0 Å². The van der Waals surface area contributed by atoms with E-state index in [-0.39, 0.29) is 17.9 Å². The summed E-state index contributed by atoms with van der Waals surface area (Å²) in [6.07, 6.45) is 1.63. The minimum Gasteiger partial charge on any atom is -0.493 e. The van der Waals surface area contributed by atoms with E-state index in [1.54, 1.807) is 25.1 Å². The van der Waals surface area contributed by atoms with Crippen molar-refractivity contribution in [2.75, 3.05) is 14.2 Å². The molecule has 0 amide bonds. The fourth-order valence-electron chi connectivity index (χ4n) is 3.16. The number of hydrogen-bond donors (Lipinski definition) is 0. The minimum absolute atomic E-state index is 0.172. The summed E-state index contributed by atoms with van der Waals surface area (Å²) in [5, 5.41) is 0.976. The molecule has 1 unspecified atom stereocenters. The molecule has 0 radical (unpaired) electrons. The molecule has 1 aromatic heterocycles. The third-order valence-corrected chi connectivity index (χ3v) is 5.10. The van der Waals surface area contributed by atoms with E-state index in [2.05, 4.69) is 4.98 Å². The van der Waals surface area contributed by atoms with Crippen LogP contribution >= 0.6 is 11.6 Å². The molecule has 3 aromatic rings. The fraction of sp³-hybridized carbons (Fsp3) is 0.318. The molecule has 0 saturated carbocycles. The van der Waals surface area contributed by atoms with Crippen molar-refractivity contribution in [3.8, 4) is 11.5 Å². The van der Waals surface area contributed by atoms with Crippen molar-refractivity contribution < 1.29 is 19.0 Å². The van der Waals surface area contributed by atoms with Crippen LogP contribution in [0.25, 0.3) is 10.9 Å². The van der Waals surface area contributed by atoms with Crippen LogP contribution in [0, 0.1) is 0 Å². The lowest BCUT2D eigenvalue weighted by molar-refractivity contribution is -0.148. The molecule has 7 nitrogen and oxygen atoms in total. The lowest BCUT2D eigenvalue weighted by Gasteiger charge is -2.15. The Morgan fingerprint density at radius 3 is 2.57 bits per heavy atom. The molecule has 0 fully saturated rings. The first-order chi connectivity index (χ1) is 14.4. The molecule has 3 rings (SSSR count). The van der Waals surface area contributed by atoms with Gasteiger partial charge in [0.1, 0.15) is 6.10 Å². The van der Waals surface area contributed by atoms with E-state index in [1.165, 1.54) is 25.1 Å². The van der Waals surface area contributed by atoms with Crippen LogP contribution in [0.1, 0.15) is 31.4 Å². The Kier molecular flexibility index (Phi) is 6.95. The molecular formula is C22H23ClN2O5. The summed E-state index contributed by atoms with van der Waals surface area (Å²) >= 11 is 6.14. The standard InChI is InChI=1S/C22H23ClN2O5/c1-14(15-7-4-5-8-17(15)23)30-21(26)9-6-10-25-13-24-18-12-20(29-3)19(28-2)11-16(18)22(25)27/h4-5,7-8,11-14H,6,9-10H2,1-3H3. The Labute approximate surface area is 179 Å². The fourth-order valence-corrected chi connectivity index (χ4v) is 3.45. The lowest BCUT2D eigenvalue weighted by atomic mass is 10.1. The molecule has 30 heavy (non-hydrogen) atoms. The number of esters is 1. The maximum absolute atomic E-state index is 12.8. The quantitative estimate of drug-likeness (QED) is 0.499. The molecule has 0 spiro atoms. The number of methoxy groups -OCH3 is 2. The zero-order valence-electron chi connectivity index (χ0n) is 17.1. The predicted octanol–water partition coefficient (Wildman–Crippen LogP) is 4.15. The number of benzene rings is 2. The first-order valence-corrected chi connectivity index (χ1v) is 9.87. The Balaban J connectivity index is 1.64. The molecule has 2 aromatic carbocycles. The van der Waals surface area contributed by atoms with Gasteiger partial charge in [-0.1, -0.05) is 29.8 Å². The summed E-state index contributed by atoms with van der Waals surface area (Å²) < 4.78 is 17.4. The third kappa shape index (κ3) is 4.74. The Morgan fingerprint density at radius 2 is 1.87 bits per heavy atom. The van der Waals surface area contributed by atoms with Crippen LogP contribution in [-0.4, -0.2) is 29.7 Å². The maximum atomic E-state index is 12.8. The van der Waals surface area contributed by atoms with Crippen molar-refractivity contribution in [1.82, 2.24) is 9.55 Å². The Morgan fingerprint density at radius 1 is 1.17 bits per heavy atom. The molecule has 0 aliphatic carbocycles. The topological polar surface area (TPSA) is 79.7 Å². The number of carbonyl (C=O) groups excluding carboxylic acids is 1. The highest BCUT2D eigenvalue weighted by Crippen LogP contribution is 2.30. The van der Waals surface area contributed by atoms with Crippen molar-refractivity contribution in [2.24, 2.45) is 0 Å². The van der Waals surface area contributed by atoms with Crippen molar-refractivity contribution >= 4 is 28.5 Å². The average Bonchev–Trinajstić information content (AvgIpc) is 2.74. The second kappa shape index (κ2) is 9.63. The van der Waals surface area contributed by atoms with E-state index in [4.69, 9.17) is 25.8 Å². The van der Waals surface area contributed by atoms with E-state index in [9.17, 15) is 9.59 Å². The van der Waals surface area contributed by atoms with Gasteiger partial charge in [0.05, 0.1) is 31.4 Å². The van der Waals surface area contributed by atoms with Gasteiger partial charge in [0.25, 0.3) is 5.56 Å². The van der Waals surface area contributed by atoms with Crippen LogP contribution in [0.3, 0.4) is 0 Å². The number of aryl methyl sites for hydroxylation is 1. The molecule has 0 aliphatic heterocycles. The second-order valence-corrected chi connectivity index (χ2v) is 7.13. The highest BCUT2D eigenvalue weighted by Gasteiger charge is 2.15. The van der Waals surface area contributed by atoms with E-state index in [0.29, 0.717) is 40.4 Å². The molecule has 1 atom stereocenters. The van der Waals surface area contributed by atoms with Gasteiger partial charge < -0.3 is 14.2 Å². The highest BCUT2D eigenvalue weighted by atomic mass is 35.5. The zero-order valence-corrected chi connectivity index (χ0v) is 17.8. The Hall–Kier alpha value is -3.06. The predicted molar refractivity (Wildman–Crippen MR) is 114 cm³/mol. The number of ether oxygens (including phenoxy) is 3. The SMILES string of the molecule is COc1cc2ncn(CCCC(=O)OC(C)c3ccccc3Cl)c(=O)c2cc1OC. The highest BCUT2D eigenvalue weighted by molar-refractivity contribution is 6.31. The summed E-state index contributed by atoms with van der Waals surface area (Å²) in [7, 11) is 3.03. The molecular weight excluding hydrogens is 408 g/mol. The summed E-state index contributed by atoms with van der Waals surface area (Å²) in [6, 6.07) is 10.5. The smallest absolute Gasteiger partial charge is 0.306 e. The van der Waals surface area contributed by atoms with Crippen molar-refractivity contribution in [1.29, 1.82) is 0 Å². The lowest BCUT2D eigenvalue weighted by Crippen LogP contribution is -2.21. The van der Waals surface area contributed by atoms with Crippen LogP contribution in [0.2, 0.25) is 5.02 Å². The second-order valence-electron chi connectivity index (χ2n) is 6.72. The number of nitrogens with zero attached hydrogens (tertiary/aromatic N) is 2. The summed E-state index contributed by atoms with van der Waals surface area (Å²) in [4.78, 5) is 29.3. The van der Waals surface area contributed by atoms with Gasteiger partial charge in [0, 0.05) is 29.6 Å². The monoisotopic (exact) mass is 430 g/mol. The molecule has 1 heterocycles. The normalized spacial score (nSPS) is 11.9. The maximum Gasteiger partial charge on any atom is 0.306 e. The summed E-state index contributed by atoms with van der Waals surface area (Å²) in [6.45, 7) is 2.12. The van der Waals surface area contributed by atoms with Gasteiger partial charge in [0.15, 0.2) is 11.5 Å². The number of carbonyl (C=O) groups is 1. The van der Waals surface area contributed by atoms with Gasteiger partial charge in [-0.3, -0.25) is 14.2 Å². The number of hydrogen-bond acceptors (Lipinski definition) is 6. The number of aromatic nitrogens is 2. The van der Waals surface area contributed by atoms with Gasteiger partial charge in [0.2, 0.25) is 0 Å². The number of halogens is 1. The number of rotatable bonds is 8. The molecule has 8 heteroatoms. The molecule has 0 saturated heterocycles. The molecule has 158 valence electrons. The van der Waals surface area contributed by atoms with Crippen molar-refractivity contribution in [2.45, 2.75) is 32.4 Å². The third-order valence-electron chi connectivity index (χ3n) is 4.76. The Bertz CT molecular complexity index is 1110. The van der Waals surface area contributed by atoms with Gasteiger partial charge in [-0.2, -0.15) is 0 Å². The van der Waals surface area contributed by atoms with Crippen LogP contribution in [-0.2, 0) is 16.1 Å². The largest absolute Gasteiger partial charge is 0.493 e. The molecule has 0 aliphatic rings. The zero-order chi connectivity index (χ0) is 21.7. The van der Waals surface area contributed by atoms with E-state index >= 15 is 0 Å². The van der Waals surface area contributed by atoms with E-state index < -0.39 is 6.10 Å². The number of fused-ring (bicyclic) bond motifs is 1. The summed E-state index contributed by atoms with van der Waals surface area (Å²) in [5.41, 5.74) is 1.06.